The number of aromatic nitrogens is 2. The van der Waals surface area contributed by atoms with Gasteiger partial charge < -0.3 is 14.5 Å². The summed E-state index contributed by atoms with van der Waals surface area (Å²) in [6, 6.07) is 10.0. The van der Waals surface area contributed by atoms with Crippen molar-refractivity contribution >= 4 is 5.91 Å². The molecule has 1 amide bonds. The monoisotopic (exact) mass is 382 g/mol. The molecule has 2 fully saturated rings. The number of rotatable bonds is 7. The Morgan fingerprint density at radius 2 is 2.11 bits per heavy atom. The Hall–Kier alpha value is -2.34. The van der Waals surface area contributed by atoms with Crippen molar-refractivity contribution in [2.24, 2.45) is 5.41 Å². The first-order chi connectivity index (χ1) is 13.7. The van der Waals surface area contributed by atoms with Gasteiger partial charge in [-0.3, -0.25) is 9.48 Å². The SMILES string of the molecule is COc1cccc(CN2CCC[C@@]3(CCN(CCCn4cccn4)C3)C2=O)c1. The Morgan fingerprint density at radius 1 is 1.18 bits per heavy atom. The molecule has 3 heterocycles. The highest BCUT2D eigenvalue weighted by molar-refractivity contribution is 5.84. The minimum Gasteiger partial charge on any atom is -0.497 e. The molecule has 6 nitrogen and oxygen atoms in total. The predicted octanol–water partition coefficient (Wildman–Crippen LogP) is 2.80. The van der Waals surface area contributed by atoms with Crippen molar-refractivity contribution in [3.8, 4) is 5.75 Å². The second-order valence-electron chi connectivity index (χ2n) is 8.11. The lowest BCUT2D eigenvalue weighted by atomic mass is 9.78. The number of likely N-dealkylation sites (tertiary alicyclic amines) is 2. The highest BCUT2D eigenvalue weighted by Crippen LogP contribution is 2.40. The van der Waals surface area contributed by atoms with Gasteiger partial charge in [0.05, 0.1) is 12.5 Å². The van der Waals surface area contributed by atoms with E-state index in [1.807, 2.05) is 41.3 Å². The Balaban J connectivity index is 1.34. The van der Waals surface area contributed by atoms with Crippen LogP contribution in [0.3, 0.4) is 0 Å². The largest absolute Gasteiger partial charge is 0.497 e. The molecule has 1 aromatic heterocycles. The molecule has 150 valence electrons. The fraction of sp³-hybridized carbons (Fsp3) is 0.545. The van der Waals surface area contributed by atoms with Gasteiger partial charge in [-0.1, -0.05) is 12.1 Å². The first-order valence-electron chi connectivity index (χ1n) is 10.3. The molecular formula is C22H30N4O2. The topological polar surface area (TPSA) is 50.6 Å². The number of nitrogens with zero attached hydrogens (tertiary/aromatic N) is 4. The van der Waals surface area contributed by atoms with Gasteiger partial charge in [0, 0.05) is 38.6 Å². The van der Waals surface area contributed by atoms with Gasteiger partial charge >= 0.3 is 0 Å². The quantitative estimate of drug-likeness (QED) is 0.739. The van der Waals surface area contributed by atoms with Crippen molar-refractivity contribution in [2.45, 2.75) is 38.8 Å². The number of carbonyl (C=O) groups excluding carboxylic acids is 1. The molecule has 0 N–H and O–H groups in total. The summed E-state index contributed by atoms with van der Waals surface area (Å²) >= 11 is 0. The minimum absolute atomic E-state index is 0.178. The third-order valence-electron chi connectivity index (χ3n) is 6.19. The van der Waals surface area contributed by atoms with E-state index in [9.17, 15) is 4.79 Å². The van der Waals surface area contributed by atoms with Crippen molar-refractivity contribution < 1.29 is 9.53 Å². The summed E-state index contributed by atoms with van der Waals surface area (Å²) in [6.07, 6.45) is 8.00. The van der Waals surface area contributed by atoms with Gasteiger partial charge in [0.25, 0.3) is 0 Å². The molecule has 2 aromatic rings. The van der Waals surface area contributed by atoms with E-state index in [1.165, 1.54) is 0 Å². The highest BCUT2D eigenvalue weighted by Gasteiger charge is 2.47. The van der Waals surface area contributed by atoms with E-state index in [0.717, 1.165) is 69.7 Å². The third kappa shape index (κ3) is 4.07. The first kappa shape index (κ1) is 19.0. The van der Waals surface area contributed by atoms with E-state index in [0.29, 0.717) is 12.5 Å². The van der Waals surface area contributed by atoms with E-state index in [-0.39, 0.29) is 5.41 Å². The molecule has 1 aromatic carbocycles. The van der Waals surface area contributed by atoms with Gasteiger partial charge in [0.15, 0.2) is 0 Å². The van der Waals surface area contributed by atoms with Crippen molar-refractivity contribution in [1.82, 2.24) is 19.6 Å². The molecule has 2 saturated heterocycles. The number of carbonyl (C=O) groups is 1. The molecule has 2 aliphatic heterocycles. The molecule has 1 atom stereocenters. The highest BCUT2D eigenvalue weighted by atomic mass is 16.5. The van der Waals surface area contributed by atoms with Crippen LogP contribution in [0.2, 0.25) is 0 Å². The van der Waals surface area contributed by atoms with E-state index in [2.05, 4.69) is 21.0 Å². The number of aryl methyl sites for hydroxylation is 1. The van der Waals surface area contributed by atoms with Crippen LogP contribution in [-0.2, 0) is 17.9 Å². The zero-order valence-electron chi connectivity index (χ0n) is 16.7. The second-order valence-corrected chi connectivity index (χ2v) is 8.11. The number of methoxy groups -OCH3 is 1. The molecule has 0 unspecified atom stereocenters. The van der Waals surface area contributed by atoms with Crippen LogP contribution in [0.4, 0.5) is 0 Å². The Labute approximate surface area is 167 Å². The third-order valence-corrected chi connectivity index (χ3v) is 6.19. The fourth-order valence-electron chi connectivity index (χ4n) is 4.71. The number of ether oxygens (including phenoxy) is 1. The summed E-state index contributed by atoms with van der Waals surface area (Å²) in [4.78, 5) is 17.9. The van der Waals surface area contributed by atoms with E-state index < -0.39 is 0 Å². The average molecular weight is 383 g/mol. The molecule has 0 radical (unpaired) electrons. The van der Waals surface area contributed by atoms with Gasteiger partial charge in [-0.2, -0.15) is 5.10 Å². The van der Waals surface area contributed by atoms with Crippen LogP contribution in [0.1, 0.15) is 31.2 Å². The zero-order valence-corrected chi connectivity index (χ0v) is 16.7. The second kappa shape index (κ2) is 8.35. The van der Waals surface area contributed by atoms with Crippen LogP contribution in [0.5, 0.6) is 5.75 Å². The maximum atomic E-state index is 13.4. The summed E-state index contributed by atoms with van der Waals surface area (Å²) in [5.41, 5.74) is 0.960. The standard InChI is InChI=1S/C22H30N4O2/c1-28-20-7-2-6-19(16-20)17-25-12-3-8-22(21(25)27)9-15-24(18-22)11-5-14-26-13-4-10-23-26/h2,4,6-7,10,13,16H,3,5,8-9,11-12,14-15,17-18H2,1H3/t22-/m0/s1. The van der Waals surface area contributed by atoms with Crippen LogP contribution in [0, 0.1) is 5.41 Å². The number of piperidine rings is 1. The van der Waals surface area contributed by atoms with Crippen LogP contribution in [-0.4, -0.2) is 58.8 Å². The molecule has 6 heteroatoms. The van der Waals surface area contributed by atoms with E-state index >= 15 is 0 Å². The molecule has 2 aliphatic rings. The average Bonchev–Trinajstić information content (AvgIpc) is 3.37. The molecule has 4 rings (SSSR count). The lowest BCUT2D eigenvalue weighted by Crippen LogP contribution is -2.49. The van der Waals surface area contributed by atoms with Gasteiger partial charge in [-0.15, -0.1) is 0 Å². The smallest absolute Gasteiger partial charge is 0.230 e. The Bertz CT molecular complexity index is 792. The summed E-state index contributed by atoms with van der Waals surface area (Å²) in [5.74, 6) is 1.19. The number of hydrogen-bond acceptors (Lipinski definition) is 4. The molecule has 1 spiro atoms. The van der Waals surface area contributed by atoms with Crippen LogP contribution in [0.15, 0.2) is 42.7 Å². The summed E-state index contributed by atoms with van der Waals surface area (Å²) in [6.45, 7) is 5.43. The van der Waals surface area contributed by atoms with Gasteiger partial charge in [0.2, 0.25) is 5.91 Å². The molecular weight excluding hydrogens is 352 g/mol. The Morgan fingerprint density at radius 3 is 2.93 bits per heavy atom. The zero-order chi connectivity index (χ0) is 19.4. The van der Waals surface area contributed by atoms with Crippen LogP contribution in [0.25, 0.3) is 0 Å². The summed E-state index contributed by atoms with van der Waals surface area (Å²) in [5, 5.41) is 4.27. The normalized spacial score (nSPS) is 22.9. The van der Waals surface area contributed by atoms with E-state index in [1.54, 1.807) is 7.11 Å². The summed E-state index contributed by atoms with van der Waals surface area (Å²) in [7, 11) is 1.68. The van der Waals surface area contributed by atoms with Gasteiger partial charge in [-0.05, 0) is 62.5 Å². The number of hydrogen-bond donors (Lipinski definition) is 0. The fourth-order valence-corrected chi connectivity index (χ4v) is 4.71. The van der Waals surface area contributed by atoms with Crippen molar-refractivity contribution in [3.63, 3.8) is 0 Å². The van der Waals surface area contributed by atoms with E-state index in [4.69, 9.17) is 4.74 Å². The maximum absolute atomic E-state index is 13.4. The lowest BCUT2D eigenvalue weighted by Gasteiger charge is -2.39. The number of amides is 1. The first-order valence-corrected chi connectivity index (χ1v) is 10.3. The van der Waals surface area contributed by atoms with Crippen LogP contribution < -0.4 is 4.74 Å². The Kier molecular flexibility index (Phi) is 5.67. The van der Waals surface area contributed by atoms with Crippen molar-refractivity contribution in [2.75, 3.05) is 33.3 Å². The minimum atomic E-state index is -0.178. The molecule has 0 aliphatic carbocycles. The summed E-state index contributed by atoms with van der Waals surface area (Å²) < 4.78 is 7.31. The molecule has 0 bridgehead atoms. The molecule has 28 heavy (non-hydrogen) atoms. The van der Waals surface area contributed by atoms with Crippen molar-refractivity contribution in [1.29, 1.82) is 0 Å². The predicted molar refractivity (Wildman–Crippen MR) is 108 cm³/mol. The number of benzene rings is 1. The van der Waals surface area contributed by atoms with Crippen LogP contribution >= 0.6 is 0 Å². The lowest BCUT2D eigenvalue weighted by molar-refractivity contribution is -0.146. The van der Waals surface area contributed by atoms with Crippen molar-refractivity contribution in [3.05, 3.63) is 48.3 Å². The maximum Gasteiger partial charge on any atom is 0.230 e. The molecule has 0 saturated carbocycles. The van der Waals surface area contributed by atoms with Gasteiger partial charge in [0.1, 0.15) is 5.75 Å². The van der Waals surface area contributed by atoms with Gasteiger partial charge in [-0.25, -0.2) is 0 Å².